The normalized spacial score (nSPS) is 18.8. The summed E-state index contributed by atoms with van der Waals surface area (Å²) in [4.78, 5) is 12.4. The largest absolute Gasteiger partial charge is 0.449 e. The van der Waals surface area contributed by atoms with Crippen molar-refractivity contribution in [2.24, 2.45) is 5.92 Å². The highest BCUT2D eigenvalue weighted by molar-refractivity contribution is 5.79. The number of aliphatic hydroxyl groups excluding tert-OH is 1. The summed E-state index contributed by atoms with van der Waals surface area (Å²) in [5, 5.41) is 13.4. The van der Waals surface area contributed by atoms with Gasteiger partial charge in [0.2, 0.25) is 0 Å². The first-order valence-corrected chi connectivity index (χ1v) is 10.4. The van der Waals surface area contributed by atoms with Gasteiger partial charge in [0.1, 0.15) is 6.61 Å². The van der Waals surface area contributed by atoms with Crippen LogP contribution in [-0.4, -0.2) is 30.0 Å². The third kappa shape index (κ3) is 3.79. The number of alkyl carbamates (subject to hydrolysis) is 1. The highest BCUT2D eigenvalue weighted by Crippen LogP contribution is 2.44. The van der Waals surface area contributed by atoms with Crippen LogP contribution in [0, 0.1) is 5.92 Å². The molecule has 28 heavy (non-hydrogen) atoms. The Hall–Kier alpha value is -2.33. The molecule has 0 bridgehead atoms. The van der Waals surface area contributed by atoms with E-state index in [0.29, 0.717) is 6.61 Å². The zero-order valence-corrected chi connectivity index (χ0v) is 16.4. The molecule has 4 rings (SSSR count). The second-order valence-corrected chi connectivity index (χ2v) is 8.15. The molecule has 0 aromatic heterocycles. The van der Waals surface area contributed by atoms with Gasteiger partial charge in [-0.3, -0.25) is 0 Å². The second-order valence-electron chi connectivity index (χ2n) is 8.15. The van der Waals surface area contributed by atoms with Gasteiger partial charge in [-0.2, -0.15) is 0 Å². The molecule has 2 aliphatic carbocycles. The van der Waals surface area contributed by atoms with E-state index in [4.69, 9.17) is 4.74 Å². The van der Waals surface area contributed by atoms with Crippen molar-refractivity contribution in [2.45, 2.75) is 57.1 Å². The van der Waals surface area contributed by atoms with Gasteiger partial charge in [0.15, 0.2) is 0 Å². The van der Waals surface area contributed by atoms with E-state index in [1.807, 2.05) is 31.2 Å². The van der Waals surface area contributed by atoms with Crippen molar-refractivity contribution in [1.29, 1.82) is 0 Å². The predicted octanol–water partition coefficient (Wildman–Crippen LogP) is 4.85. The standard InChI is InChI=1S/C24H29NO3/c1-16(23(26)17-9-3-2-4-10-17)25-24(27)28-15-22-20-13-7-5-11-18(20)19-12-6-8-14-21(19)22/h5-8,11-14,16-17,22-23,26H,2-4,9-10,15H2,1H3,(H,25,27). The molecule has 2 atom stereocenters. The highest BCUT2D eigenvalue weighted by Gasteiger charge is 2.30. The van der Waals surface area contributed by atoms with Crippen molar-refractivity contribution in [3.63, 3.8) is 0 Å². The molecule has 2 unspecified atom stereocenters. The van der Waals surface area contributed by atoms with E-state index in [9.17, 15) is 9.90 Å². The third-order valence-electron chi connectivity index (χ3n) is 6.33. The minimum Gasteiger partial charge on any atom is -0.449 e. The molecule has 148 valence electrons. The van der Waals surface area contributed by atoms with Crippen LogP contribution in [0.4, 0.5) is 4.79 Å². The smallest absolute Gasteiger partial charge is 0.407 e. The van der Waals surface area contributed by atoms with E-state index in [-0.39, 0.29) is 17.9 Å². The molecule has 0 heterocycles. The van der Waals surface area contributed by atoms with E-state index in [1.165, 1.54) is 41.5 Å². The molecule has 1 fully saturated rings. The number of hydrogen-bond acceptors (Lipinski definition) is 3. The third-order valence-corrected chi connectivity index (χ3v) is 6.33. The lowest BCUT2D eigenvalue weighted by molar-refractivity contribution is 0.0516. The van der Waals surface area contributed by atoms with Crippen molar-refractivity contribution in [3.8, 4) is 11.1 Å². The SMILES string of the molecule is CC(NC(=O)OCC1c2ccccc2-c2ccccc21)C(O)C1CCCCC1. The van der Waals surface area contributed by atoms with Gasteiger partial charge in [0.05, 0.1) is 12.1 Å². The van der Waals surface area contributed by atoms with E-state index in [0.717, 1.165) is 12.8 Å². The molecular weight excluding hydrogens is 350 g/mol. The average molecular weight is 380 g/mol. The lowest BCUT2D eigenvalue weighted by atomic mass is 9.83. The molecule has 2 aromatic carbocycles. The molecule has 4 nitrogen and oxygen atoms in total. The summed E-state index contributed by atoms with van der Waals surface area (Å²) in [5.41, 5.74) is 4.83. The summed E-state index contributed by atoms with van der Waals surface area (Å²) in [5.74, 6) is 0.328. The molecule has 0 spiro atoms. The maximum Gasteiger partial charge on any atom is 0.407 e. The van der Waals surface area contributed by atoms with Crippen molar-refractivity contribution in [2.75, 3.05) is 6.61 Å². The minimum absolute atomic E-state index is 0.0525. The van der Waals surface area contributed by atoms with Gasteiger partial charge in [0, 0.05) is 5.92 Å². The fraction of sp³-hybridized carbons (Fsp3) is 0.458. The number of carbonyl (C=O) groups is 1. The number of fused-ring (bicyclic) bond motifs is 3. The average Bonchev–Trinajstić information content (AvgIpc) is 3.06. The van der Waals surface area contributed by atoms with Crippen LogP contribution in [0.2, 0.25) is 0 Å². The number of nitrogens with one attached hydrogen (secondary N) is 1. The summed E-state index contributed by atoms with van der Waals surface area (Å²) in [6, 6.07) is 16.3. The van der Waals surface area contributed by atoms with Crippen molar-refractivity contribution < 1.29 is 14.6 Å². The fourth-order valence-corrected chi connectivity index (χ4v) is 4.80. The molecule has 0 radical (unpaired) electrons. The number of hydrogen-bond donors (Lipinski definition) is 2. The van der Waals surface area contributed by atoms with Crippen molar-refractivity contribution in [3.05, 3.63) is 59.7 Å². The van der Waals surface area contributed by atoms with Crippen LogP contribution in [0.3, 0.4) is 0 Å². The number of ether oxygens (including phenoxy) is 1. The Balaban J connectivity index is 1.37. The maximum absolute atomic E-state index is 12.4. The lowest BCUT2D eigenvalue weighted by Gasteiger charge is -2.30. The Morgan fingerprint density at radius 3 is 2.21 bits per heavy atom. The molecule has 2 aliphatic rings. The van der Waals surface area contributed by atoms with Gasteiger partial charge in [0.25, 0.3) is 0 Å². The molecular formula is C24H29NO3. The van der Waals surface area contributed by atoms with E-state index < -0.39 is 12.2 Å². The van der Waals surface area contributed by atoms with Gasteiger partial charge in [-0.05, 0) is 47.9 Å². The summed E-state index contributed by atoms with van der Waals surface area (Å²) >= 11 is 0. The molecule has 0 saturated heterocycles. The van der Waals surface area contributed by atoms with E-state index in [1.54, 1.807) is 0 Å². The summed E-state index contributed by atoms with van der Waals surface area (Å²) < 4.78 is 5.59. The van der Waals surface area contributed by atoms with E-state index >= 15 is 0 Å². The molecule has 2 aromatic rings. The van der Waals surface area contributed by atoms with Crippen LogP contribution in [-0.2, 0) is 4.74 Å². The zero-order chi connectivity index (χ0) is 19.5. The second kappa shape index (κ2) is 8.36. The Morgan fingerprint density at radius 2 is 1.61 bits per heavy atom. The first kappa shape index (κ1) is 19.0. The Labute approximate surface area is 166 Å². The van der Waals surface area contributed by atoms with Gasteiger partial charge < -0.3 is 15.2 Å². The fourth-order valence-electron chi connectivity index (χ4n) is 4.80. The monoisotopic (exact) mass is 379 g/mol. The van der Waals surface area contributed by atoms with Crippen molar-refractivity contribution in [1.82, 2.24) is 5.32 Å². The minimum atomic E-state index is -0.513. The lowest BCUT2D eigenvalue weighted by Crippen LogP contribution is -2.45. The van der Waals surface area contributed by atoms with Crippen LogP contribution < -0.4 is 5.32 Å². The quantitative estimate of drug-likeness (QED) is 0.780. The van der Waals surface area contributed by atoms with Crippen LogP contribution in [0.15, 0.2) is 48.5 Å². The molecule has 1 saturated carbocycles. The summed E-state index contributed by atoms with van der Waals surface area (Å²) in [6.45, 7) is 2.16. The first-order valence-electron chi connectivity index (χ1n) is 10.4. The van der Waals surface area contributed by atoms with Crippen LogP contribution in [0.25, 0.3) is 11.1 Å². The Morgan fingerprint density at radius 1 is 1.04 bits per heavy atom. The van der Waals surface area contributed by atoms with Gasteiger partial charge in [-0.15, -0.1) is 0 Å². The molecule has 1 amide bonds. The highest BCUT2D eigenvalue weighted by atomic mass is 16.5. The molecule has 0 aliphatic heterocycles. The Bertz CT molecular complexity index is 783. The number of aliphatic hydroxyl groups is 1. The first-order chi connectivity index (χ1) is 13.6. The predicted molar refractivity (Wildman–Crippen MR) is 110 cm³/mol. The number of rotatable bonds is 5. The zero-order valence-electron chi connectivity index (χ0n) is 16.4. The van der Waals surface area contributed by atoms with Gasteiger partial charge in [-0.25, -0.2) is 4.79 Å². The number of benzene rings is 2. The number of carbonyl (C=O) groups excluding carboxylic acids is 1. The van der Waals surface area contributed by atoms with Gasteiger partial charge in [-0.1, -0.05) is 67.8 Å². The molecule has 2 N–H and O–H groups in total. The van der Waals surface area contributed by atoms with Crippen LogP contribution in [0.1, 0.15) is 56.1 Å². The van der Waals surface area contributed by atoms with Crippen LogP contribution >= 0.6 is 0 Å². The maximum atomic E-state index is 12.4. The topological polar surface area (TPSA) is 58.6 Å². The molecule has 4 heteroatoms. The Kier molecular flexibility index (Phi) is 5.67. The van der Waals surface area contributed by atoms with Gasteiger partial charge >= 0.3 is 6.09 Å². The van der Waals surface area contributed by atoms with Crippen molar-refractivity contribution >= 4 is 6.09 Å². The van der Waals surface area contributed by atoms with E-state index in [2.05, 4.69) is 29.6 Å². The summed E-state index contributed by atoms with van der Waals surface area (Å²) in [6.07, 6.45) is 4.69. The number of amides is 1. The van der Waals surface area contributed by atoms with Crippen LogP contribution in [0.5, 0.6) is 0 Å². The summed E-state index contributed by atoms with van der Waals surface area (Å²) in [7, 11) is 0.